The van der Waals surface area contributed by atoms with Crippen molar-refractivity contribution in [3.05, 3.63) is 57.2 Å². The Balaban J connectivity index is 1.83. The average molecular weight is 440 g/mol. The topological polar surface area (TPSA) is 131 Å². The summed E-state index contributed by atoms with van der Waals surface area (Å²) in [6, 6.07) is 9.20. The van der Waals surface area contributed by atoms with E-state index in [9.17, 15) is 23.3 Å². The molecule has 28 heavy (non-hydrogen) atoms. The van der Waals surface area contributed by atoms with Crippen LogP contribution in [0.3, 0.4) is 0 Å². The molecule has 2 aromatic rings. The number of benzene rings is 1. The van der Waals surface area contributed by atoms with Gasteiger partial charge in [-0.3, -0.25) is 24.4 Å². The zero-order valence-corrected chi connectivity index (χ0v) is 16.4. The van der Waals surface area contributed by atoms with Gasteiger partial charge >= 0.3 is 0 Å². The minimum atomic E-state index is -4.23. The van der Waals surface area contributed by atoms with Crippen LogP contribution >= 0.6 is 24.0 Å². The van der Waals surface area contributed by atoms with Crippen molar-refractivity contribution in [1.82, 2.24) is 4.90 Å². The molecule has 1 aromatic carbocycles. The lowest BCUT2D eigenvalue weighted by Crippen LogP contribution is -2.32. The molecule has 0 unspecified atom stereocenters. The highest BCUT2D eigenvalue weighted by Crippen LogP contribution is 2.35. The molecule has 0 saturated carbocycles. The van der Waals surface area contributed by atoms with Crippen LogP contribution in [0.1, 0.15) is 5.76 Å². The highest BCUT2D eigenvalue weighted by Gasteiger charge is 2.33. The summed E-state index contributed by atoms with van der Waals surface area (Å²) in [5.74, 6) is -0.596. The minimum Gasteiger partial charge on any atom is -0.456 e. The predicted molar refractivity (Wildman–Crippen MR) is 107 cm³/mol. The van der Waals surface area contributed by atoms with E-state index in [-0.39, 0.29) is 33.0 Å². The Kier molecular flexibility index (Phi) is 5.65. The molecule has 146 valence electrons. The standard InChI is InChI=1S/C16H12N2O7S3/c19-15-14(27-16(26)17(15)7-8-28(22,23)24)9-10-5-6-13(25-10)11-3-1-2-4-12(11)18(20)21/h1-6,9H,7-8H2,(H,22,23,24)/b14-9-. The van der Waals surface area contributed by atoms with Crippen molar-refractivity contribution in [2.45, 2.75) is 0 Å². The third-order valence-electron chi connectivity index (χ3n) is 3.71. The first kappa shape index (κ1) is 20.2. The lowest BCUT2D eigenvalue weighted by atomic mass is 10.1. The highest BCUT2D eigenvalue weighted by atomic mass is 32.2. The molecule has 0 aliphatic carbocycles. The fourth-order valence-electron chi connectivity index (χ4n) is 2.44. The molecule has 12 heteroatoms. The number of hydrogen-bond acceptors (Lipinski definition) is 8. The van der Waals surface area contributed by atoms with Gasteiger partial charge in [-0.25, -0.2) is 0 Å². The molecule has 0 bridgehead atoms. The quantitative estimate of drug-likeness (QED) is 0.237. The van der Waals surface area contributed by atoms with Crippen molar-refractivity contribution in [1.29, 1.82) is 0 Å². The maximum atomic E-state index is 12.4. The number of nitro groups is 1. The number of rotatable bonds is 6. The van der Waals surface area contributed by atoms with Gasteiger partial charge in [0.05, 0.1) is 21.1 Å². The van der Waals surface area contributed by atoms with Crippen LogP contribution in [0.4, 0.5) is 5.69 Å². The molecule has 1 amide bonds. The Labute approximate surface area is 168 Å². The summed E-state index contributed by atoms with van der Waals surface area (Å²) in [6.07, 6.45) is 1.42. The summed E-state index contributed by atoms with van der Waals surface area (Å²) in [5, 5.41) is 11.2. The smallest absolute Gasteiger partial charge is 0.280 e. The Hall–Kier alpha value is -2.54. The zero-order chi connectivity index (χ0) is 20.5. The Bertz CT molecular complexity index is 1100. The molecule has 0 atom stereocenters. The molecule has 1 aliphatic rings. The number of thioether (sulfide) groups is 1. The minimum absolute atomic E-state index is 0.111. The first-order chi connectivity index (χ1) is 13.2. The average Bonchev–Trinajstić information content (AvgIpc) is 3.18. The molecule has 1 saturated heterocycles. The van der Waals surface area contributed by atoms with Gasteiger partial charge in [0.1, 0.15) is 15.8 Å². The molecule has 3 rings (SSSR count). The van der Waals surface area contributed by atoms with Crippen molar-refractivity contribution in [2.24, 2.45) is 0 Å². The highest BCUT2D eigenvalue weighted by molar-refractivity contribution is 8.26. The SMILES string of the molecule is O=C1/C(=C/c2ccc(-c3ccccc3[N+](=O)[O-])o2)SC(=S)N1CCS(=O)(=O)O. The van der Waals surface area contributed by atoms with Gasteiger partial charge in [0.25, 0.3) is 21.7 Å². The molecular formula is C16H12N2O7S3. The summed E-state index contributed by atoms with van der Waals surface area (Å²) in [4.78, 5) is 24.3. The number of carbonyl (C=O) groups is 1. The molecule has 9 nitrogen and oxygen atoms in total. The van der Waals surface area contributed by atoms with E-state index in [0.717, 1.165) is 16.7 Å². The summed E-state index contributed by atoms with van der Waals surface area (Å²) in [6.45, 7) is -0.263. The van der Waals surface area contributed by atoms with E-state index < -0.39 is 26.7 Å². The van der Waals surface area contributed by atoms with Crippen LogP contribution in [0.15, 0.2) is 45.7 Å². The number of nitro benzene ring substituents is 1. The fraction of sp³-hybridized carbons (Fsp3) is 0.125. The van der Waals surface area contributed by atoms with E-state index in [1.807, 2.05) is 0 Å². The Morgan fingerprint density at radius 3 is 2.68 bits per heavy atom. The second-order valence-electron chi connectivity index (χ2n) is 5.60. The van der Waals surface area contributed by atoms with Crippen molar-refractivity contribution < 1.29 is 27.1 Å². The number of furan rings is 1. The summed E-state index contributed by atoms with van der Waals surface area (Å²) in [5.41, 5.74) is 0.188. The van der Waals surface area contributed by atoms with Crippen LogP contribution in [0.2, 0.25) is 0 Å². The van der Waals surface area contributed by atoms with Gasteiger partial charge in [0, 0.05) is 18.7 Å². The largest absolute Gasteiger partial charge is 0.456 e. The normalized spacial score (nSPS) is 16.2. The second-order valence-corrected chi connectivity index (χ2v) is 8.84. The van der Waals surface area contributed by atoms with Gasteiger partial charge in [-0.05, 0) is 18.2 Å². The van der Waals surface area contributed by atoms with E-state index in [2.05, 4.69) is 0 Å². The number of carbonyl (C=O) groups excluding carboxylic acids is 1. The fourth-order valence-corrected chi connectivity index (χ4v) is 4.15. The number of amides is 1. The van der Waals surface area contributed by atoms with E-state index in [4.69, 9.17) is 21.2 Å². The maximum Gasteiger partial charge on any atom is 0.280 e. The summed E-state index contributed by atoms with van der Waals surface area (Å²) in [7, 11) is -4.23. The summed E-state index contributed by atoms with van der Waals surface area (Å²) >= 11 is 6.04. The molecule has 0 radical (unpaired) electrons. The van der Waals surface area contributed by atoms with Gasteiger partial charge < -0.3 is 4.42 Å². The molecule has 1 aromatic heterocycles. The van der Waals surface area contributed by atoms with Gasteiger partial charge in [0.2, 0.25) is 0 Å². The number of nitrogens with zero attached hydrogens (tertiary/aromatic N) is 2. The zero-order valence-electron chi connectivity index (χ0n) is 14.0. The first-order valence-corrected chi connectivity index (χ1v) is 10.5. The van der Waals surface area contributed by atoms with Crippen molar-refractivity contribution >= 4 is 56.1 Å². The van der Waals surface area contributed by atoms with Crippen LogP contribution in [-0.2, 0) is 14.9 Å². The van der Waals surface area contributed by atoms with Crippen LogP contribution in [-0.4, -0.2) is 45.3 Å². The number of hydrogen-bond donors (Lipinski definition) is 1. The predicted octanol–water partition coefficient (Wildman–Crippen LogP) is 2.94. The van der Waals surface area contributed by atoms with Gasteiger partial charge in [-0.15, -0.1) is 0 Å². The van der Waals surface area contributed by atoms with Crippen LogP contribution in [0.25, 0.3) is 17.4 Å². The molecular weight excluding hydrogens is 428 g/mol. The molecule has 1 fully saturated rings. The van der Waals surface area contributed by atoms with Crippen LogP contribution in [0, 0.1) is 10.1 Å². The molecule has 2 heterocycles. The van der Waals surface area contributed by atoms with E-state index in [0.29, 0.717) is 5.56 Å². The second kappa shape index (κ2) is 7.83. The van der Waals surface area contributed by atoms with E-state index >= 15 is 0 Å². The van der Waals surface area contributed by atoms with Crippen LogP contribution < -0.4 is 0 Å². The van der Waals surface area contributed by atoms with E-state index in [1.54, 1.807) is 30.3 Å². The molecule has 1 N–H and O–H groups in total. The van der Waals surface area contributed by atoms with Crippen molar-refractivity contribution in [3.63, 3.8) is 0 Å². The summed E-state index contributed by atoms with van der Waals surface area (Å²) < 4.78 is 36.4. The Morgan fingerprint density at radius 2 is 2.00 bits per heavy atom. The van der Waals surface area contributed by atoms with Crippen molar-refractivity contribution in [2.75, 3.05) is 12.3 Å². The number of para-hydroxylation sites is 1. The lowest BCUT2D eigenvalue weighted by molar-refractivity contribution is -0.384. The van der Waals surface area contributed by atoms with Crippen LogP contribution in [0.5, 0.6) is 0 Å². The Morgan fingerprint density at radius 1 is 1.29 bits per heavy atom. The monoisotopic (exact) mass is 440 g/mol. The lowest BCUT2D eigenvalue weighted by Gasteiger charge is -2.12. The van der Waals surface area contributed by atoms with E-state index in [1.165, 1.54) is 12.1 Å². The first-order valence-electron chi connectivity index (χ1n) is 7.70. The van der Waals surface area contributed by atoms with Gasteiger partial charge in [-0.1, -0.05) is 36.1 Å². The third kappa shape index (κ3) is 4.47. The van der Waals surface area contributed by atoms with Crippen molar-refractivity contribution in [3.8, 4) is 11.3 Å². The third-order valence-corrected chi connectivity index (χ3v) is 5.79. The maximum absolute atomic E-state index is 12.4. The molecule has 1 aliphatic heterocycles. The number of thiocarbonyl (C=S) groups is 1. The molecule has 0 spiro atoms. The van der Waals surface area contributed by atoms with Gasteiger partial charge in [-0.2, -0.15) is 8.42 Å². The van der Waals surface area contributed by atoms with Gasteiger partial charge in [0.15, 0.2) is 0 Å².